The highest BCUT2D eigenvalue weighted by atomic mass is 79.9. The van der Waals surface area contributed by atoms with Crippen LogP contribution in [0.15, 0.2) is 22.7 Å². The third kappa shape index (κ3) is 10.2. The van der Waals surface area contributed by atoms with Gasteiger partial charge in [0.2, 0.25) is 0 Å². The second kappa shape index (κ2) is 13.0. The number of benzene rings is 1. The van der Waals surface area contributed by atoms with Gasteiger partial charge in [-0.15, -0.1) is 0 Å². The molecule has 23 heavy (non-hydrogen) atoms. The van der Waals surface area contributed by atoms with Gasteiger partial charge in [0.15, 0.2) is 5.11 Å². The van der Waals surface area contributed by atoms with Crippen LogP contribution < -0.4 is 10.6 Å². The zero-order valence-electron chi connectivity index (χ0n) is 14.0. The average molecular weight is 420 g/mol. The van der Waals surface area contributed by atoms with Crippen LogP contribution in [0.3, 0.4) is 0 Å². The molecule has 1 aromatic carbocycles. The van der Waals surface area contributed by atoms with Crippen LogP contribution in [0.2, 0.25) is 5.02 Å². The predicted octanol–water partition coefficient (Wildman–Crippen LogP) is 6.92. The maximum atomic E-state index is 6.16. The first-order valence-corrected chi connectivity index (χ1v) is 10.2. The van der Waals surface area contributed by atoms with Gasteiger partial charge in [0.25, 0.3) is 0 Å². The lowest BCUT2D eigenvalue weighted by Crippen LogP contribution is -2.29. The lowest BCUT2D eigenvalue weighted by atomic mass is 10.1. The van der Waals surface area contributed by atoms with Gasteiger partial charge < -0.3 is 10.6 Å². The Hall–Kier alpha value is -0.320. The van der Waals surface area contributed by atoms with Gasteiger partial charge in [-0.25, -0.2) is 0 Å². The Morgan fingerprint density at radius 2 is 1.65 bits per heavy atom. The van der Waals surface area contributed by atoms with E-state index < -0.39 is 0 Å². The van der Waals surface area contributed by atoms with E-state index in [0.29, 0.717) is 10.1 Å². The van der Waals surface area contributed by atoms with Crippen LogP contribution in [0, 0.1) is 0 Å². The van der Waals surface area contributed by atoms with Crippen LogP contribution in [0.5, 0.6) is 0 Å². The third-order valence-electron chi connectivity index (χ3n) is 3.75. The summed E-state index contributed by atoms with van der Waals surface area (Å²) in [4.78, 5) is 0. The van der Waals surface area contributed by atoms with Crippen molar-refractivity contribution in [2.75, 3.05) is 11.9 Å². The molecule has 0 heterocycles. The number of nitrogens with one attached hydrogen (secondary N) is 2. The molecule has 0 fully saturated rings. The van der Waals surface area contributed by atoms with Gasteiger partial charge in [0.05, 0.1) is 10.7 Å². The summed E-state index contributed by atoms with van der Waals surface area (Å²) in [7, 11) is 0. The predicted molar refractivity (Wildman–Crippen MR) is 111 cm³/mol. The Bertz CT molecular complexity index is 468. The van der Waals surface area contributed by atoms with E-state index in [1.165, 1.54) is 51.4 Å². The van der Waals surface area contributed by atoms with Gasteiger partial charge in [-0.3, -0.25) is 0 Å². The van der Waals surface area contributed by atoms with Crippen molar-refractivity contribution >= 4 is 50.5 Å². The van der Waals surface area contributed by atoms with Gasteiger partial charge >= 0.3 is 0 Å². The number of rotatable bonds is 11. The van der Waals surface area contributed by atoms with Gasteiger partial charge in [-0.05, 0) is 36.8 Å². The topological polar surface area (TPSA) is 24.1 Å². The smallest absolute Gasteiger partial charge is 0.170 e. The molecule has 0 saturated heterocycles. The fourth-order valence-electron chi connectivity index (χ4n) is 2.39. The van der Waals surface area contributed by atoms with Crippen molar-refractivity contribution in [2.24, 2.45) is 0 Å². The van der Waals surface area contributed by atoms with E-state index in [1.807, 2.05) is 18.2 Å². The molecule has 0 saturated carbocycles. The highest BCUT2D eigenvalue weighted by Gasteiger charge is 2.03. The molecule has 1 rings (SSSR count). The molecule has 130 valence electrons. The van der Waals surface area contributed by atoms with Crippen molar-refractivity contribution in [3.05, 3.63) is 27.7 Å². The highest BCUT2D eigenvalue weighted by Crippen LogP contribution is 2.25. The molecule has 0 aliphatic carbocycles. The summed E-state index contributed by atoms with van der Waals surface area (Å²) in [6, 6.07) is 5.71. The van der Waals surface area contributed by atoms with Crippen LogP contribution in [0.25, 0.3) is 0 Å². The quantitative estimate of drug-likeness (QED) is 0.300. The molecule has 1 aromatic rings. The molecule has 0 unspecified atom stereocenters. The fourth-order valence-corrected chi connectivity index (χ4v) is 3.33. The van der Waals surface area contributed by atoms with Gasteiger partial charge in [0.1, 0.15) is 0 Å². The first-order chi connectivity index (χ1) is 11.1. The molecule has 0 aliphatic heterocycles. The van der Waals surface area contributed by atoms with Crippen molar-refractivity contribution in [1.82, 2.24) is 5.32 Å². The molecule has 0 radical (unpaired) electrons. The molecule has 0 bridgehead atoms. The van der Waals surface area contributed by atoms with Crippen molar-refractivity contribution in [3.8, 4) is 0 Å². The number of anilines is 1. The van der Waals surface area contributed by atoms with Crippen LogP contribution in [-0.4, -0.2) is 11.7 Å². The van der Waals surface area contributed by atoms with Gasteiger partial charge in [-0.1, -0.05) is 85.8 Å². The third-order valence-corrected chi connectivity index (χ3v) is 4.80. The largest absolute Gasteiger partial charge is 0.362 e. The lowest BCUT2D eigenvalue weighted by Gasteiger charge is -2.12. The Balaban J connectivity index is 2.02. The monoisotopic (exact) mass is 418 g/mol. The van der Waals surface area contributed by atoms with E-state index in [2.05, 4.69) is 33.5 Å². The summed E-state index contributed by atoms with van der Waals surface area (Å²) < 4.78 is 0.960. The molecular weight excluding hydrogens is 392 g/mol. The van der Waals surface area contributed by atoms with E-state index in [4.69, 9.17) is 23.8 Å². The van der Waals surface area contributed by atoms with Crippen LogP contribution in [-0.2, 0) is 0 Å². The van der Waals surface area contributed by atoms with Crippen molar-refractivity contribution < 1.29 is 0 Å². The summed E-state index contributed by atoms with van der Waals surface area (Å²) in [5, 5.41) is 7.67. The summed E-state index contributed by atoms with van der Waals surface area (Å²) in [5.41, 5.74) is 0.833. The van der Waals surface area contributed by atoms with E-state index in [-0.39, 0.29) is 0 Å². The minimum atomic E-state index is 0.633. The fraction of sp³-hybridized carbons (Fsp3) is 0.611. The maximum absolute atomic E-state index is 6.16. The first kappa shape index (κ1) is 20.7. The number of unbranched alkanes of at least 4 members (excludes halogenated alkanes) is 8. The van der Waals surface area contributed by atoms with Gasteiger partial charge in [-0.2, -0.15) is 0 Å². The van der Waals surface area contributed by atoms with Crippen molar-refractivity contribution in [1.29, 1.82) is 0 Å². The Labute approximate surface area is 159 Å². The zero-order chi connectivity index (χ0) is 16.9. The number of hydrogen-bond donors (Lipinski definition) is 2. The molecule has 2 N–H and O–H groups in total. The van der Waals surface area contributed by atoms with E-state index in [9.17, 15) is 0 Å². The van der Waals surface area contributed by atoms with Crippen LogP contribution in [0.4, 0.5) is 5.69 Å². The maximum Gasteiger partial charge on any atom is 0.170 e. The summed E-state index contributed by atoms with van der Waals surface area (Å²) in [6.07, 6.45) is 12.0. The highest BCUT2D eigenvalue weighted by molar-refractivity contribution is 9.10. The van der Waals surface area contributed by atoms with E-state index in [1.54, 1.807) is 0 Å². The second-order valence-corrected chi connectivity index (χ2v) is 7.56. The second-order valence-electron chi connectivity index (χ2n) is 5.83. The van der Waals surface area contributed by atoms with Crippen molar-refractivity contribution in [3.63, 3.8) is 0 Å². The normalized spacial score (nSPS) is 10.6. The molecule has 2 nitrogen and oxygen atoms in total. The van der Waals surface area contributed by atoms with Crippen LogP contribution >= 0.6 is 39.7 Å². The van der Waals surface area contributed by atoms with E-state index >= 15 is 0 Å². The molecule has 0 aromatic heterocycles. The van der Waals surface area contributed by atoms with Gasteiger partial charge in [0, 0.05) is 11.0 Å². The standard InChI is InChI=1S/C18H28BrClN2S/c1-2-3-4-5-6-7-8-9-10-13-21-18(23)22-17-12-11-15(19)14-16(17)20/h11-12,14H,2-10,13H2,1H3,(H2,21,22,23). The molecule has 0 atom stereocenters. The molecular formula is C18H28BrClN2S. The molecule has 0 amide bonds. The molecule has 0 aliphatic rings. The minimum Gasteiger partial charge on any atom is -0.362 e. The Morgan fingerprint density at radius 3 is 2.26 bits per heavy atom. The summed E-state index contributed by atoms with van der Waals surface area (Å²) >= 11 is 14.8. The van der Waals surface area contributed by atoms with Crippen LogP contribution in [0.1, 0.15) is 64.7 Å². The van der Waals surface area contributed by atoms with Crippen molar-refractivity contribution in [2.45, 2.75) is 64.7 Å². The number of halogens is 2. The lowest BCUT2D eigenvalue weighted by molar-refractivity contribution is 0.563. The zero-order valence-corrected chi connectivity index (χ0v) is 17.1. The van der Waals surface area contributed by atoms with E-state index in [0.717, 1.165) is 23.1 Å². The molecule has 5 heteroatoms. The SMILES string of the molecule is CCCCCCCCCCCNC(=S)Nc1ccc(Br)cc1Cl. The molecule has 0 spiro atoms. The minimum absolute atomic E-state index is 0.633. The first-order valence-electron chi connectivity index (χ1n) is 8.63. The number of thiocarbonyl (C=S) groups is 1. The Morgan fingerprint density at radius 1 is 1.04 bits per heavy atom. The summed E-state index contributed by atoms with van der Waals surface area (Å²) in [6.45, 7) is 3.17. The number of hydrogen-bond acceptors (Lipinski definition) is 1. The summed E-state index contributed by atoms with van der Waals surface area (Å²) in [5.74, 6) is 0. The average Bonchev–Trinajstić information content (AvgIpc) is 2.52. The Kier molecular flexibility index (Phi) is 11.7.